The van der Waals surface area contributed by atoms with Crippen LogP contribution in [0.2, 0.25) is 0 Å². The minimum Gasteiger partial charge on any atom is -0.260 e. The molecule has 1 aromatic carbocycles. The highest BCUT2D eigenvalue weighted by atomic mass is 32.2. The summed E-state index contributed by atoms with van der Waals surface area (Å²) in [5.41, 5.74) is 0. The van der Waals surface area contributed by atoms with Crippen molar-refractivity contribution in [2.45, 2.75) is 16.2 Å². The second-order valence-corrected chi connectivity index (χ2v) is 8.93. The Balaban J connectivity index is 2.85. The van der Waals surface area contributed by atoms with Crippen molar-refractivity contribution in [3.8, 4) is 0 Å². The Labute approximate surface area is 121 Å². The van der Waals surface area contributed by atoms with E-state index in [0.29, 0.717) is 12.2 Å². The van der Waals surface area contributed by atoms with E-state index in [4.69, 9.17) is 5.14 Å². The molecule has 0 aliphatic heterocycles. The minimum absolute atomic E-state index is 0.127. The first-order valence-corrected chi connectivity index (χ1v) is 10.3. The van der Waals surface area contributed by atoms with E-state index in [0.717, 1.165) is 6.07 Å². The quantitative estimate of drug-likeness (QED) is 0.640. The summed E-state index contributed by atoms with van der Waals surface area (Å²) in [4.78, 5) is -0.448. The molecule has 0 fully saturated rings. The van der Waals surface area contributed by atoms with Gasteiger partial charge in [-0.15, -0.1) is 0 Å². The molecule has 20 heavy (non-hydrogen) atoms. The van der Waals surface area contributed by atoms with Gasteiger partial charge in [-0.2, -0.15) is 0 Å². The Morgan fingerprint density at radius 2 is 1.80 bits per heavy atom. The van der Waals surface area contributed by atoms with Crippen LogP contribution in [0.1, 0.15) is 6.42 Å². The molecule has 0 aromatic heterocycles. The van der Waals surface area contributed by atoms with E-state index in [1.54, 1.807) is 0 Å². The zero-order chi connectivity index (χ0) is 15.4. The number of nitrogens with one attached hydrogen (secondary N) is 1. The maximum atomic E-state index is 11.9. The van der Waals surface area contributed by atoms with E-state index in [1.807, 2.05) is 0 Å². The number of rotatable bonds is 7. The van der Waals surface area contributed by atoms with Crippen LogP contribution in [-0.2, 0) is 30.8 Å². The molecule has 0 aliphatic rings. The van der Waals surface area contributed by atoms with E-state index < -0.39 is 30.8 Å². The van der Waals surface area contributed by atoms with Gasteiger partial charge in [0.25, 0.3) is 0 Å². The van der Waals surface area contributed by atoms with E-state index in [2.05, 4.69) is 4.72 Å². The topological polar surface area (TPSA) is 123 Å². The van der Waals surface area contributed by atoms with Gasteiger partial charge in [0.15, 0.2) is 0 Å². The highest BCUT2D eigenvalue weighted by Gasteiger charge is 2.16. The average Bonchev–Trinajstić information content (AvgIpc) is 2.34. The van der Waals surface area contributed by atoms with Gasteiger partial charge in [0.2, 0.25) is 20.0 Å². The number of nitrogens with two attached hydrogens (primary N) is 1. The lowest BCUT2D eigenvalue weighted by Crippen LogP contribution is -2.26. The Morgan fingerprint density at radius 1 is 1.20 bits per heavy atom. The van der Waals surface area contributed by atoms with Crippen molar-refractivity contribution >= 4 is 30.8 Å². The van der Waals surface area contributed by atoms with Crippen molar-refractivity contribution in [2.75, 3.05) is 18.6 Å². The van der Waals surface area contributed by atoms with Crippen molar-refractivity contribution in [2.24, 2.45) is 5.14 Å². The van der Waals surface area contributed by atoms with Gasteiger partial charge in [-0.25, -0.2) is 26.7 Å². The SMILES string of the molecule is CS(=O)CCCNS(=O)(=O)c1cccc(S(N)(=O)=O)c1. The molecule has 0 heterocycles. The zero-order valence-electron chi connectivity index (χ0n) is 10.8. The molecule has 114 valence electrons. The summed E-state index contributed by atoms with van der Waals surface area (Å²) in [5.74, 6) is 0.389. The molecule has 10 heteroatoms. The van der Waals surface area contributed by atoms with Crippen LogP contribution < -0.4 is 9.86 Å². The Hall–Kier alpha value is -0.810. The van der Waals surface area contributed by atoms with Gasteiger partial charge in [-0.05, 0) is 24.6 Å². The molecule has 1 aromatic rings. The molecular weight excluding hydrogens is 324 g/mol. The van der Waals surface area contributed by atoms with Crippen LogP contribution >= 0.6 is 0 Å². The van der Waals surface area contributed by atoms with Gasteiger partial charge in [0, 0.05) is 29.4 Å². The standard InChI is InChI=1S/C10H16N2O5S3/c1-18(13)7-3-6-12-20(16,17)10-5-2-4-9(8-10)19(11,14)15/h2,4-5,8,12H,3,6-7H2,1H3,(H2,11,14,15). The molecule has 0 saturated heterocycles. The number of hydrogen-bond acceptors (Lipinski definition) is 5. The summed E-state index contributed by atoms with van der Waals surface area (Å²) < 4.78 is 59.4. The van der Waals surface area contributed by atoms with Crippen LogP contribution in [0.3, 0.4) is 0 Å². The summed E-state index contributed by atoms with van der Waals surface area (Å²) in [6, 6.07) is 4.79. The number of benzene rings is 1. The maximum Gasteiger partial charge on any atom is 0.240 e. The lowest BCUT2D eigenvalue weighted by Gasteiger charge is -2.07. The fourth-order valence-corrected chi connectivity index (χ4v) is 3.69. The van der Waals surface area contributed by atoms with E-state index in [1.165, 1.54) is 24.5 Å². The number of hydrogen-bond donors (Lipinski definition) is 2. The Bertz CT molecular complexity index is 697. The summed E-state index contributed by atoms with van der Waals surface area (Å²) in [7, 11) is -8.75. The molecule has 0 saturated carbocycles. The second kappa shape index (κ2) is 6.76. The lowest BCUT2D eigenvalue weighted by atomic mass is 10.4. The molecule has 3 N–H and O–H groups in total. The molecule has 0 bridgehead atoms. The van der Waals surface area contributed by atoms with Crippen LogP contribution in [0.15, 0.2) is 34.1 Å². The summed E-state index contributed by atoms with van der Waals surface area (Å²) in [6.45, 7) is 0.127. The van der Waals surface area contributed by atoms with Gasteiger partial charge in [0.1, 0.15) is 0 Å². The van der Waals surface area contributed by atoms with Crippen molar-refractivity contribution in [1.29, 1.82) is 0 Å². The van der Waals surface area contributed by atoms with Crippen molar-refractivity contribution in [3.05, 3.63) is 24.3 Å². The smallest absolute Gasteiger partial charge is 0.240 e. The van der Waals surface area contributed by atoms with Crippen LogP contribution in [-0.4, -0.2) is 39.6 Å². The first-order valence-electron chi connectivity index (χ1n) is 5.55. The van der Waals surface area contributed by atoms with Crippen LogP contribution in [0.25, 0.3) is 0 Å². The summed E-state index contributed by atoms with van der Waals surface area (Å²) in [5, 5.41) is 4.95. The van der Waals surface area contributed by atoms with Crippen molar-refractivity contribution in [1.82, 2.24) is 4.72 Å². The number of sulfonamides is 2. The third-order valence-electron chi connectivity index (χ3n) is 2.34. The third-order valence-corrected chi connectivity index (χ3v) is 5.58. The van der Waals surface area contributed by atoms with Gasteiger partial charge in [0.05, 0.1) is 9.79 Å². The fourth-order valence-electron chi connectivity index (χ4n) is 1.38. The fraction of sp³-hybridized carbons (Fsp3) is 0.400. The molecule has 0 radical (unpaired) electrons. The van der Waals surface area contributed by atoms with Gasteiger partial charge in [-0.3, -0.25) is 4.21 Å². The highest BCUT2D eigenvalue weighted by Crippen LogP contribution is 2.14. The van der Waals surface area contributed by atoms with E-state index in [-0.39, 0.29) is 16.3 Å². The largest absolute Gasteiger partial charge is 0.260 e. The normalized spacial score (nSPS) is 14.1. The molecule has 0 aliphatic carbocycles. The average molecular weight is 340 g/mol. The van der Waals surface area contributed by atoms with Crippen LogP contribution in [0.5, 0.6) is 0 Å². The molecule has 0 amide bonds. The van der Waals surface area contributed by atoms with Crippen LogP contribution in [0, 0.1) is 0 Å². The second-order valence-electron chi connectivity index (χ2n) is 4.05. The molecule has 1 atom stereocenters. The zero-order valence-corrected chi connectivity index (χ0v) is 13.2. The first kappa shape index (κ1) is 17.2. The van der Waals surface area contributed by atoms with E-state index >= 15 is 0 Å². The summed E-state index contributed by atoms with van der Waals surface area (Å²) >= 11 is 0. The lowest BCUT2D eigenvalue weighted by molar-refractivity contribution is 0.580. The molecular formula is C10H16N2O5S3. The number of primary sulfonamides is 1. The predicted molar refractivity (Wildman–Crippen MR) is 76.6 cm³/mol. The third kappa shape index (κ3) is 5.29. The van der Waals surface area contributed by atoms with Crippen molar-refractivity contribution in [3.63, 3.8) is 0 Å². The monoisotopic (exact) mass is 340 g/mol. The first-order chi connectivity index (χ1) is 9.13. The van der Waals surface area contributed by atoms with E-state index in [9.17, 15) is 21.0 Å². The Morgan fingerprint density at radius 3 is 2.35 bits per heavy atom. The maximum absolute atomic E-state index is 11.9. The predicted octanol–water partition coefficient (Wildman–Crippen LogP) is -0.619. The van der Waals surface area contributed by atoms with Gasteiger partial charge < -0.3 is 0 Å². The molecule has 0 spiro atoms. The minimum atomic E-state index is -3.95. The van der Waals surface area contributed by atoms with Crippen LogP contribution in [0.4, 0.5) is 0 Å². The van der Waals surface area contributed by atoms with Gasteiger partial charge in [-0.1, -0.05) is 6.07 Å². The molecule has 7 nitrogen and oxygen atoms in total. The van der Waals surface area contributed by atoms with Crippen molar-refractivity contribution < 1.29 is 21.0 Å². The molecule has 1 unspecified atom stereocenters. The molecule has 1 rings (SSSR count). The summed E-state index contributed by atoms with van der Waals surface area (Å²) in [6.07, 6.45) is 1.96. The highest BCUT2D eigenvalue weighted by molar-refractivity contribution is 7.90. The Kier molecular flexibility index (Phi) is 5.83. The van der Waals surface area contributed by atoms with Gasteiger partial charge >= 0.3 is 0 Å².